The molecule has 1 aliphatic rings. The van der Waals surface area contributed by atoms with Crippen LogP contribution in [0.4, 0.5) is 0 Å². The zero-order valence-electron chi connectivity index (χ0n) is 12.9. The number of hydrogen-bond acceptors (Lipinski definition) is 5. The number of ether oxygens (including phenoxy) is 1. The summed E-state index contributed by atoms with van der Waals surface area (Å²) in [7, 11) is 1.70. The van der Waals surface area contributed by atoms with E-state index in [2.05, 4.69) is 43.1 Å². The van der Waals surface area contributed by atoms with Crippen LogP contribution < -0.4 is 4.74 Å². The molecule has 3 aromatic rings. The van der Waals surface area contributed by atoms with Crippen molar-refractivity contribution in [3.63, 3.8) is 0 Å². The molecule has 5 nitrogen and oxygen atoms in total. The van der Waals surface area contributed by atoms with Gasteiger partial charge >= 0.3 is 0 Å². The van der Waals surface area contributed by atoms with E-state index in [4.69, 9.17) is 4.74 Å². The molecule has 6 heteroatoms. The Morgan fingerprint density at radius 3 is 2.87 bits per heavy atom. The highest BCUT2D eigenvalue weighted by Gasteiger charge is 2.28. The molecule has 118 valence electrons. The summed E-state index contributed by atoms with van der Waals surface area (Å²) < 4.78 is 7.52. The number of fused-ring (bicyclic) bond motifs is 1. The summed E-state index contributed by atoms with van der Waals surface area (Å²) in [6.45, 7) is 2.58. The molecule has 1 aromatic carbocycles. The van der Waals surface area contributed by atoms with Crippen LogP contribution >= 0.6 is 11.3 Å². The first-order chi connectivity index (χ1) is 11.3. The Morgan fingerprint density at radius 1 is 1.26 bits per heavy atom. The van der Waals surface area contributed by atoms with Crippen LogP contribution in [0.25, 0.3) is 0 Å². The molecule has 1 atom stereocenters. The van der Waals surface area contributed by atoms with E-state index >= 15 is 0 Å². The summed E-state index contributed by atoms with van der Waals surface area (Å²) >= 11 is 1.64. The highest BCUT2D eigenvalue weighted by molar-refractivity contribution is 7.07. The Kier molecular flexibility index (Phi) is 3.85. The van der Waals surface area contributed by atoms with Crippen LogP contribution in [-0.2, 0) is 19.6 Å². The topological polar surface area (TPSA) is 43.2 Å². The fourth-order valence-electron chi connectivity index (χ4n) is 3.08. The third-order valence-electron chi connectivity index (χ3n) is 4.31. The number of nitrogens with zero attached hydrogens (tertiary/aromatic N) is 4. The van der Waals surface area contributed by atoms with Crippen molar-refractivity contribution in [1.82, 2.24) is 19.4 Å². The largest absolute Gasteiger partial charge is 0.497 e. The number of aromatic nitrogens is 3. The van der Waals surface area contributed by atoms with Crippen molar-refractivity contribution in [2.45, 2.75) is 25.7 Å². The van der Waals surface area contributed by atoms with E-state index in [0.29, 0.717) is 6.04 Å². The molecule has 2 aromatic heterocycles. The molecule has 0 saturated carbocycles. The second-order valence-electron chi connectivity index (χ2n) is 5.67. The maximum atomic E-state index is 5.28. The molecule has 0 bridgehead atoms. The van der Waals surface area contributed by atoms with Crippen molar-refractivity contribution in [1.29, 1.82) is 0 Å². The van der Waals surface area contributed by atoms with Gasteiger partial charge in [0.05, 0.1) is 30.9 Å². The normalized spacial score (nSPS) is 17.9. The maximum absolute atomic E-state index is 5.28. The zero-order valence-corrected chi connectivity index (χ0v) is 13.7. The van der Waals surface area contributed by atoms with Gasteiger partial charge in [-0.25, -0.2) is 9.97 Å². The Hall–Kier alpha value is -2.18. The highest BCUT2D eigenvalue weighted by atomic mass is 32.1. The molecule has 0 amide bonds. The molecule has 0 N–H and O–H groups in total. The molecule has 0 fully saturated rings. The van der Waals surface area contributed by atoms with Gasteiger partial charge in [0.25, 0.3) is 0 Å². The third kappa shape index (κ3) is 2.87. The Bertz CT molecular complexity index is 766. The second-order valence-corrected chi connectivity index (χ2v) is 6.39. The summed E-state index contributed by atoms with van der Waals surface area (Å²) in [6, 6.07) is 8.67. The Morgan fingerprint density at radius 2 is 2.13 bits per heavy atom. The number of rotatable bonds is 4. The lowest BCUT2D eigenvalue weighted by Gasteiger charge is -2.36. The van der Waals surface area contributed by atoms with Crippen LogP contribution in [0.2, 0.25) is 0 Å². The molecule has 23 heavy (non-hydrogen) atoms. The second kappa shape index (κ2) is 6.14. The maximum Gasteiger partial charge on any atom is 0.122 e. The van der Waals surface area contributed by atoms with Crippen LogP contribution in [0, 0.1) is 0 Å². The molecule has 0 unspecified atom stereocenters. The molecule has 0 radical (unpaired) electrons. The minimum absolute atomic E-state index is 0.310. The Labute approximate surface area is 139 Å². The molecular formula is C17H18N4OS. The Balaban J connectivity index is 1.65. The monoisotopic (exact) mass is 326 g/mol. The van der Waals surface area contributed by atoms with Crippen molar-refractivity contribution in [3.8, 4) is 5.75 Å². The van der Waals surface area contributed by atoms with Gasteiger partial charge in [0.2, 0.25) is 0 Å². The molecular weight excluding hydrogens is 308 g/mol. The van der Waals surface area contributed by atoms with Crippen molar-refractivity contribution in [2.75, 3.05) is 7.11 Å². The highest BCUT2D eigenvalue weighted by Crippen LogP contribution is 2.31. The van der Waals surface area contributed by atoms with Crippen molar-refractivity contribution in [3.05, 3.63) is 64.6 Å². The number of thiazole rings is 1. The van der Waals surface area contributed by atoms with Crippen molar-refractivity contribution >= 4 is 11.3 Å². The lowest BCUT2D eigenvalue weighted by molar-refractivity contribution is 0.127. The van der Waals surface area contributed by atoms with Gasteiger partial charge in [-0.1, -0.05) is 12.1 Å². The van der Waals surface area contributed by atoms with Crippen LogP contribution in [0.15, 0.2) is 47.5 Å². The summed E-state index contributed by atoms with van der Waals surface area (Å²) in [5.74, 6) is 2.00. The molecule has 0 saturated heterocycles. The predicted molar refractivity (Wildman–Crippen MR) is 89.3 cm³/mol. The molecule has 0 spiro atoms. The molecule has 0 aliphatic carbocycles. The van der Waals surface area contributed by atoms with E-state index in [0.717, 1.165) is 36.9 Å². The van der Waals surface area contributed by atoms with Gasteiger partial charge in [-0.15, -0.1) is 11.3 Å². The smallest absolute Gasteiger partial charge is 0.122 e. The molecule has 4 rings (SSSR count). The number of imidazole rings is 1. The molecule has 1 aliphatic heterocycles. The number of benzene rings is 1. The lowest BCUT2D eigenvalue weighted by Crippen LogP contribution is -2.36. The van der Waals surface area contributed by atoms with Crippen LogP contribution in [-0.4, -0.2) is 26.5 Å². The average Bonchev–Trinajstić information content (AvgIpc) is 3.25. The van der Waals surface area contributed by atoms with Gasteiger partial charge in [-0.05, 0) is 17.7 Å². The van der Waals surface area contributed by atoms with E-state index in [1.54, 1.807) is 18.4 Å². The van der Waals surface area contributed by atoms with Gasteiger partial charge in [0.1, 0.15) is 11.6 Å². The minimum atomic E-state index is 0.310. The summed E-state index contributed by atoms with van der Waals surface area (Å²) in [5, 5.41) is 2.12. The van der Waals surface area contributed by atoms with Gasteiger partial charge in [-0.3, -0.25) is 4.90 Å². The third-order valence-corrected chi connectivity index (χ3v) is 4.94. The molecule has 3 heterocycles. The summed E-state index contributed by atoms with van der Waals surface area (Å²) in [4.78, 5) is 11.4. The number of hydrogen-bond donors (Lipinski definition) is 0. The van der Waals surface area contributed by atoms with Crippen LogP contribution in [0.1, 0.15) is 23.1 Å². The van der Waals surface area contributed by atoms with E-state index in [1.807, 2.05) is 23.8 Å². The summed E-state index contributed by atoms with van der Waals surface area (Å²) in [6.07, 6.45) is 3.94. The van der Waals surface area contributed by atoms with Gasteiger partial charge in [-0.2, -0.15) is 0 Å². The first-order valence-electron chi connectivity index (χ1n) is 7.58. The number of methoxy groups -OCH3 is 1. The average molecular weight is 326 g/mol. The van der Waals surface area contributed by atoms with E-state index in [-0.39, 0.29) is 0 Å². The summed E-state index contributed by atoms with van der Waals surface area (Å²) in [5.41, 5.74) is 4.30. The lowest BCUT2D eigenvalue weighted by atomic mass is 10.0. The SMILES string of the molecule is COc1ccc([C@H]2Cn3ccnc3CN2Cc2cscn2)cc1. The minimum Gasteiger partial charge on any atom is -0.497 e. The van der Waals surface area contributed by atoms with E-state index in [9.17, 15) is 0 Å². The van der Waals surface area contributed by atoms with Crippen molar-refractivity contribution < 1.29 is 4.74 Å². The van der Waals surface area contributed by atoms with Gasteiger partial charge in [0, 0.05) is 30.9 Å². The first-order valence-corrected chi connectivity index (χ1v) is 8.53. The first kappa shape index (κ1) is 14.4. The quantitative estimate of drug-likeness (QED) is 0.739. The standard InChI is InChI=1S/C17H18N4OS/c1-22-15-4-2-13(3-5-15)16-9-20-7-6-18-17(20)10-21(16)8-14-11-23-12-19-14/h2-7,11-12,16H,8-10H2,1H3/t16-/m1/s1. The fraction of sp³-hybridized carbons (Fsp3) is 0.294. The van der Waals surface area contributed by atoms with Gasteiger partial charge < -0.3 is 9.30 Å². The van der Waals surface area contributed by atoms with Gasteiger partial charge in [0.15, 0.2) is 0 Å². The van der Waals surface area contributed by atoms with E-state index < -0.39 is 0 Å². The fourth-order valence-corrected chi connectivity index (χ4v) is 3.63. The predicted octanol–water partition coefficient (Wildman–Crippen LogP) is 3.11. The zero-order chi connectivity index (χ0) is 15.6. The van der Waals surface area contributed by atoms with Crippen LogP contribution in [0.5, 0.6) is 5.75 Å². The van der Waals surface area contributed by atoms with Crippen LogP contribution in [0.3, 0.4) is 0 Å². The van der Waals surface area contributed by atoms with E-state index in [1.165, 1.54) is 5.56 Å². The van der Waals surface area contributed by atoms with Crippen molar-refractivity contribution in [2.24, 2.45) is 0 Å².